The third-order valence-corrected chi connectivity index (χ3v) is 8.02. The van der Waals surface area contributed by atoms with Crippen LogP contribution in [0.4, 0.5) is 13.2 Å². The first-order valence-corrected chi connectivity index (χ1v) is 16.0. The molecular formula is C39H47F3O8. The van der Waals surface area contributed by atoms with Gasteiger partial charge in [-0.2, -0.15) is 13.2 Å². The molecule has 11 heteroatoms. The standard InChI is InChI=1S/C39H47F3O8/c1-9-37(6,50-33-21-20-31(43)24-29(33)25-34(45)47-7)22-14-16-27(4)15-13-17-28(5)35(32(44)23-26(2)3)49-36(46)38(48-8,39(40,41)42)30-18-11-10-12-19-30/h9-12,16-21,23-24,35,43H,1,13-15,22,25H2,2-8H3/b27-16+,28-17+/t35-,37?,38+/m0/s1. The van der Waals surface area contributed by atoms with Crippen LogP contribution in [0.15, 0.2) is 96.1 Å². The van der Waals surface area contributed by atoms with Crippen LogP contribution in [0, 0.1) is 0 Å². The number of allylic oxidation sites excluding steroid dienone is 4. The molecule has 0 aromatic heterocycles. The normalized spacial score (nSPS) is 15.2. The molecule has 2 aromatic carbocycles. The van der Waals surface area contributed by atoms with E-state index in [1.165, 1.54) is 50.4 Å². The van der Waals surface area contributed by atoms with E-state index in [4.69, 9.17) is 18.9 Å². The zero-order valence-corrected chi connectivity index (χ0v) is 29.7. The molecule has 2 rings (SSSR count). The molecule has 0 heterocycles. The average molecular weight is 701 g/mol. The van der Waals surface area contributed by atoms with Crippen molar-refractivity contribution in [3.63, 3.8) is 0 Å². The lowest BCUT2D eigenvalue weighted by Crippen LogP contribution is -2.53. The molecule has 0 radical (unpaired) electrons. The van der Waals surface area contributed by atoms with E-state index >= 15 is 0 Å². The maximum atomic E-state index is 14.5. The molecule has 1 N–H and O–H groups in total. The van der Waals surface area contributed by atoms with Crippen LogP contribution < -0.4 is 4.74 Å². The number of aromatic hydroxyl groups is 1. The van der Waals surface area contributed by atoms with Crippen LogP contribution in [-0.2, 0) is 40.6 Å². The highest BCUT2D eigenvalue weighted by molar-refractivity contribution is 5.98. The topological polar surface area (TPSA) is 108 Å². The van der Waals surface area contributed by atoms with E-state index in [0.29, 0.717) is 42.6 Å². The summed E-state index contributed by atoms with van der Waals surface area (Å²) in [7, 11) is 2.05. The van der Waals surface area contributed by atoms with Crippen molar-refractivity contribution in [3.8, 4) is 11.5 Å². The van der Waals surface area contributed by atoms with Gasteiger partial charge in [0, 0.05) is 18.2 Å². The molecule has 272 valence electrons. The van der Waals surface area contributed by atoms with Gasteiger partial charge in [0.25, 0.3) is 5.60 Å². The fourth-order valence-electron chi connectivity index (χ4n) is 5.13. The van der Waals surface area contributed by atoms with E-state index < -0.39 is 46.8 Å². The molecular weight excluding hydrogens is 653 g/mol. The molecule has 0 fully saturated rings. The third kappa shape index (κ3) is 11.2. The van der Waals surface area contributed by atoms with Crippen molar-refractivity contribution >= 4 is 17.7 Å². The smallest absolute Gasteiger partial charge is 0.432 e. The summed E-state index contributed by atoms with van der Waals surface area (Å²) in [5, 5.41) is 9.90. The molecule has 0 aliphatic heterocycles. The molecule has 8 nitrogen and oxygen atoms in total. The second-order valence-electron chi connectivity index (χ2n) is 12.4. The number of carbonyl (C=O) groups is 3. The van der Waals surface area contributed by atoms with Gasteiger partial charge in [-0.15, -0.1) is 0 Å². The van der Waals surface area contributed by atoms with Crippen LogP contribution >= 0.6 is 0 Å². The lowest BCUT2D eigenvalue weighted by Gasteiger charge is -2.33. The van der Waals surface area contributed by atoms with Gasteiger partial charge < -0.3 is 24.1 Å². The van der Waals surface area contributed by atoms with E-state index in [0.717, 1.165) is 24.8 Å². The van der Waals surface area contributed by atoms with E-state index in [-0.39, 0.29) is 17.7 Å². The van der Waals surface area contributed by atoms with Gasteiger partial charge in [-0.1, -0.05) is 60.2 Å². The number of carbonyl (C=O) groups excluding carboxylic acids is 3. The van der Waals surface area contributed by atoms with Crippen LogP contribution in [0.2, 0.25) is 0 Å². The number of benzene rings is 2. The van der Waals surface area contributed by atoms with Crippen molar-refractivity contribution in [1.82, 2.24) is 0 Å². The van der Waals surface area contributed by atoms with Crippen molar-refractivity contribution in [2.24, 2.45) is 0 Å². The van der Waals surface area contributed by atoms with Gasteiger partial charge in [0.2, 0.25) is 0 Å². The predicted molar refractivity (Wildman–Crippen MR) is 185 cm³/mol. The van der Waals surface area contributed by atoms with Gasteiger partial charge >= 0.3 is 18.1 Å². The molecule has 0 aliphatic carbocycles. The Morgan fingerprint density at radius 1 is 0.960 bits per heavy atom. The Balaban J connectivity index is 2.20. The number of ketones is 1. The Morgan fingerprint density at radius 3 is 2.18 bits per heavy atom. The third-order valence-electron chi connectivity index (χ3n) is 8.02. The van der Waals surface area contributed by atoms with E-state index in [9.17, 15) is 32.7 Å². The minimum absolute atomic E-state index is 0.0122. The summed E-state index contributed by atoms with van der Waals surface area (Å²) in [4.78, 5) is 38.4. The summed E-state index contributed by atoms with van der Waals surface area (Å²) in [6.45, 7) is 12.5. The Kier molecular flexibility index (Phi) is 15.3. The van der Waals surface area contributed by atoms with Crippen molar-refractivity contribution in [2.75, 3.05) is 14.2 Å². The first kappa shape index (κ1) is 41.5. The molecule has 2 aromatic rings. The monoisotopic (exact) mass is 700 g/mol. The maximum absolute atomic E-state index is 14.5. The van der Waals surface area contributed by atoms with Crippen molar-refractivity contribution in [2.45, 2.75) is 90.2 Å². The van der Waals surface area contributed by atoms with E-state index in [1.807, 2.05) is 19.9 Å². The van der Waals surface area contributed by atoms with Crippen molar-refractivity contribution < 1.29 is 51.6 Å². The molecule has 0 saturated heterocycles. The maximum Gasteiger partial charge on any atom is 0.432 e. The van der Waals surface area contributed by atoms with Gasteiger partial charge in [0.15, 0.2) is 11.9 Å². The highest BCUT2D eigenvalue weighted by Gasteiger charge is 2.64. The van der Waals surface area contributed by atoms with Crippen LogP contribution in [0.25, 0.3) is 0 Å². The highest BCUT2D eigenvalue weighted by Crippen LogP contribution is 2.43. The summed E-state index contributed by atoms with van der Waals surface area (Å²) < 4.78 is 64.6. The number of hydrogen-bond acceptors (Lipinski definition) is 8. The number of esters is 2. The molecule has 1 unspecified atom stereocenters. The second-order valence-corrected chi connectivity index (χ2v) is 12.4. The van der Waals surface area contributed by atoms with Gasteiger partial charge in [0.1, 0.15) is 17.1 Å². The largest absolute Gasteiger partial charge is 0.508 e. The first-order valence-electron chi connectivity index (χ1n) is 16.0. The summed E-state index contributed by atoms with van der Waals surface area (Å²) in [6.07, 6.45) is 1.79. The Hall–Kier alpha value is -4.64. The van der Waals surface area contributed by atoms with Crippen LogP contribution in [-0.4, -0.2) is 54.9 Å². The highest BCUT2D eigenvalue weighted by atomic mass is 19.4. The number of hydrogen-bond donors (Lipinski definition) is 1. The quantitative estimate of drug-likeness (QED) is 0.0938. The Morgan fingerprint density at radius 2 is 1.62 bits per heavy atom. The number of halogens is 3. The minimum Gasteiger partial charge on any atom is -0.508 e. The summed E-state index contributed by atoms with van der Waals surface area (Å²) in [5.74, 6) is -2.50. The summed E-state index contributed by atoms with van der Waals surface area (Å²) in [6, 6.07) is 10.9. The number of alkyl halides is 3. The van der Waals surface area contributed by atoms with Crippen molar-refractivity contribution in [1.29, 1.82) is 0 Å². The van der Waals surface area contributed by atoms with Crippen LogP contribution in [0.5, 0.6) is 11.5 Å². The molecule has 50 heavy (non-hydrogen) atoms. The SMILES string of the molecule is C=CC(C)(CC/C=C(\C)CC/C=C(\C)[C@H](OC(=O)[C@](OC)(c1ccccc1)C(F)(F)F)C(=O)C=C(C)C)Oc1ccc(O)cc1CC(=O)OC. The van der Waals surface area contributed by atoms with Crippen LogP contribution in [0.1, 0.15) is 71.4 Å². The van der Waals surface area contributed by atoms with Gasteiger partial charge in [0.05, 0.1) is 13.5 Å². The minimum atomic E-state index is -5.19. The van der Waals surface area contributed by atoms with E-state index in [1.54, 1.807) is 32.1 Å². The molecule has 0 saturated carbocycles. The van der Waals surface area contributed by atoms with E-state index in [2.05, 4.69) is 6.58 Å². The molecule has 0 aliphatic rings. The number of ether oxygens (including phenoxy) is 4. The number of phenolic OH excluding ortho intramolecular Hbond substituents is 1. The fraction of sp³-hybridized carbons (Fsp3) is 0.410. The summed E-state index contributed by atoms with van der Waals surface area (Å²) >= 11 is 0. The lowest BCUT2D eigenvalue weighted by molar-refractivity contribution is -0.277. The zero-order valence-electron chi connectivity index (χ0n) is 29.7. The average Bonchev–Trinajstić information content (AvgIpc) is 3.04. The number of methoxy groups -OCH3 is 2. The lowest BCUT2D eigenvalue weighted by atomic mass is 9.92. The predicted octanol–water partition coefficient (Wildman–Crippen LogP) is 8.44. The zero-order chi connectivity index (χ0) is 37.7. The van der Waals surface area contributed by atoms with Gasteiger partial charge in [-0.05, 0) is 96.2 Å². The van der Waals surface area contributed by atoms with Gasteiger partial charge in [-0.25, -0.2) is 4.79 Å². The first-order chi connectivity index (χ1) is 23.4. The second kappa shape index (κ2) is 18.4. The molecule has 0 bridgehead atoms. The van der Waals surface area contributed by atoms with Crippen molar-refractivity contribution in [3.05, 3.63) is 107 Å². The fourth-order valence-corrected chi connectivity index (χ4v) is 5.13. The van der Waals surface area contributed by atoms with Gasteiger partial charge in [-0.3, -0.25) is 9.59 Å². The Labute approximate surface area is 292 Å². The molecule has 0 amide bonds. The van der Waals surface area contributed by atoms with Crippen LogP contribution in [0.3, 0.4) is 0 Å². The number of rotatable bonds is 18. The summed E-state index contributed by atoms with van der Waals surface area (Å²) in [5.41, 5.74) is -2.40. The Bertz CT molecular complexity index is 1590. The number of phenols is 1. The molecule has 0 spiro atoms. The molecule has 3 atom stereocenters.